The van der Waals surface area contributed by atoms with Crippen molar-refractivity contribution in [2.75, 3.05) is 6.61 Å². The van der Waals surface area contributed by atoms with E-state index in [1.165, 1.54) is 18.2 Å². The van der Waals surface area contributed by atoms with Gasteiger partial charge in [0.2, 0.25) is 11.6 Å². The van der Waals surface area contributed by atoms with Gasteiger partial charge in [-0.1, -0.05) is 32.4 Å². The van der Waals surface area contributed by atoms with Crippen LogP contribution in [-0.4, -0.2) is 23.5 Å². The number of hydrogen-bond acceptors (Lipinski definition) is 8. The number of nitriles is 1. The SMILES string of the molecule is CCOC(=O)C(C(=O)Oc1ccc([N+](=O)[O-])c(Oc2cc(Cl)cc(C#N)c2)c1F)C(C)(C)C. The Morgan fingerprint density at radius 1 is 1.24 bits per heavy atom. The highest BCUT2D eigenvalue weighted by molar-refractivity contribution is 6.30. The van der Waals surface area contributed by atoms with Crippen LogP contribution in [0.2, 0.25) is 5.02 Å². The highest BCUT2D eigenvalue weighted by Crippen LogP contribution is 2.40. The van der Waals surface area contributed by atoms with E-state index in [9.17, 15) is 19.7 Å². The van der Waals surface area contributed by atoms with E-state index >= 15 is 4.39 Å². The molecule has 174 valence electrons. The first-order valence-electron chi connectivity index (χ1n) is 9.62. The van der Waals surface area contributed by atoms with Crippen molar-refractivity contribution in [1.29, 1.82) is 5.26 Å². The minimum Gasteiger partial charge on any atom is -0.465 e. The number of nitro groups is 1. The van der Waals surface area contributed by atoms with Crippen LogP contribution in [0.25, 0.3) is 0 Å². The van der Waals surface area contributed by atoms with Crippen LogP contribution in [0.3, 0.4) is 0 Å². The molecule has 0 amide bonds. The summed E-state index contributed by atoms with van der Waals surface area (Å²) in [6.07, 6.45) is 0. The lowest BCUT2D eigenvalue weighted by Crippen LogP contribution is -2.39. The molecule has 0 heterocycles. The predicted molar refractivity (Wildman–Crippen MR) is 115 cm³/mol. The molecule has 0 radical (unpaired) electrons. The molecule has 2 rings (SSSR count). The summed E-state index contributed by atoms with van der Waals surface area (Å²) in [6, 6.07) is 7.32. The molecular formula is C22H20ClFN2O7. The van der Waals surface area contributed by atoms with E-state index in [2.05, 4.69) is 0 Å². The zero-order chi connectivity index (χ0) is 24.9. The van der Waals surface area contributed by atoms with Crippen LogP contribution >= 0.6 is 11.6 Å². The predicted octanol–water partition coefficient (Wildman–Crippen LogP) is 5.18. The summed E-state index contributed by atoms with van der Waals surface area (Å²) in [6.45, 7) is 6.39. The second-order valence-electron chi connectivity index (χ2n) is 7.84. The molecule has 33 heavy (non-hydrogen) atoms. The molecule has 2 aromatic rings. The molecule has 11 heteroatoms. The monoisotopic (exact) mass is 478 g/mol. The van der Waals surface area contributed by atoms with Crippen LogP contribution in [0.1, 0.15) is 33.3 Å². The van der Waals surface area contributed by atoms with E-state index in [0.29, 0.717) is 0 Å². The molecule has 0 bridgehead atoms. The number of halogens is 2. The molecule has 0 saturated heterocycles. The fraction of sp³-hybridized carbons (Fsp3) is 0.318. The van der Waals surface area contributed by atoms with Gasteiger partial charge < -0.3 is 14.2 Å². The van der Waals surface area contributed by atoms with Crippen LogP contribution in [0.4, 0.5) is 10.1 Å². The molecule has 0 spiro atoms. The average molecular weight is 479 g/mol. The van der Waals surface area contributed by atoms with Gasteiger partial charge >= 0.3 is 17.6 Å². The van der Waals surface area contributed by atoms with Crippen LogP contribution in [0.15, 0.2) is 30.3 Å². The highest BCUT2D eigenvalue weighted by atomic mass is 35.5. The van der Waals surface area contributed by atoms with E-state index in [1.54, 1.807) is 27.7 Å². The molecule has 0 aromatic heterocycles. The summed E-state index contributed by atoms with van der Waals surface area (Å²) in [5.74, 6) is -6.40. The lowest BCUT2D eigenvalue weighted by atomic mass is 9.81. The molecule has 0 aliphatic rings. The van der Waals surface area contributed by atoms with Gasteiger partial charge in [0, 0.05) is 11.1 Å². The van der Waals surface area contributed by atoms with Gasteiger partial charge in [-0.2, -0.15) is 9.65 Å². The van der Waals surface area contributed by atoms with Gasteiger partial charge in [-0.3, -0.25) is 19.7 Å². The number of nitrogens with zero attached hydrogens (tertiary/aromatic N) is 2. The Morgan fingerprint density at radius 2 is 1.91 bits per heavy atom. The number of esters is 2. The van der Waals surface area contributed by atoms with E-state index in [4.69, 9.17) is 31.1 Å². The van der Waals surface area contributed by atoms with Crippen LogP contribution in [0, 0.1) is 38.6 Å². The lowest BCUT2D eigenvalue weighted by molar-refractivity contribution is -0.385. The Kier molecular flexibility index (Phi) is 7.95. The summed E-state index contributed by atoms with van der Waals surface area (Å²) >= 11 is 5.90. The Bertz CT molecular complexity index is 1140. The molecule has 0 aliphatic heterocycles. The number of rotatable bonds is 7. The van der Waals surface area contributed by atoms with Crippen LogP contribution < -0.4 is 9.47 Å². The molecule has 1 atom stereocenters. The van der Waals surface area contributed by atoms with Crippen LogP contribution in [0.5, 0.6) is 17.2 Å². The zero-order valence-corrected chi connectivity index (χ0v) is 18.9. The third kappa shape index (κ3) is 6.17. The van der Waals surface area contributed by atoms with E-state index < -0.39 is 51.2 Å². The van der Waals surface area contributed by atoms with Crippen molar-refractivity contribution in [3.8, 4) is 23.3 Å². The molecule has 0 fully saturated rings. The number of hydrogen-bond donors (Lipinski definition) is 0. The van der Waals surface area contributed by atoms with Crippen molar-refractivity contribution < 1.29 is 33.1 Å². The largest absolute Gasteiger partial charge is 0.465 e. The minimum absolute atomic E-state index is 0.0207. The van der Waals surface area contributed by atoms with Gasteiger partial charge in [0.15, 0.2) is 11.7 Å². The van der Waals surface area contributed by atoms with Crippen molar-refractivity contribution in [3.63, 3.8) is 0 Å². The first kappa shape index (κ1) is 25.5. The van der Waals surface area contributed by atoms with E-state index in [1.807, 2.05) is 6.07 Å². The molecule has 9 nitrogen and oxygen atoms in total. The van der Waals surface area contributed by atoms with Gasteiger partial charge in [-0.05, 0) is 36.6 Å². The third-order valence-corrected chi connectivity index (χ3v) is 4.51. The minimum atomic E-state index is -1.39. The van der Waals surface area contributed by atoms with Gasteiger partial charge in [0.1, 0.15) is 5.75 Å². The normalized spacial score (nSPS) is 11.8. The van der Waals surface area contributed by atoms with Crippen molar-refractivity contribution in [2.24, 2.45) is 11.3 Å². The molecule has 1 unspecified atom stereocenters. The summed E-state index contributed by atoms with van der Waals surface area (Å²) in [4.78, 5) is 35.5. The molecule has 0 N–H and O–H groups in total. The maximum atomic E-state index is 15.2. The number of carbonyl (C=O) groups excluding carboxylic acids is 2. The van der Waals surface area contributed by atoms with Crippen molar-refractivity contribution >= 4 is 29.2 Å². The number of ether oxygens (including phenoxy) is 3. The first-order chi connectivity index (χ1) is 15.4. The maximum Gasteiger partial charge on any atom is 0.326 e. The Labute approximate surface area is 193 Å². The molecule has 0 saturated carbocycles. The van der Waals surface area contributed by atoms with Gasteiger partial charge in [-0.15, -0.1) is 0 Å². The second-order valence-corrected chi connectivity index (χ2v) is 8.28. The number of benzene rings is 2. The second kappa shape index (κ2) is 10.3. The van der Waals surface area contributed by atoms with Gasteiger partial charge in [0.05, 0.1) is 23.2 Å². The van der Waals surface area contributed by atoms with Crippen molar-refractivity contribution in [2.45, 2.75) is 27.7 Å². The number of carbonyl (C=O) groups is 2. The topological polar surface area (TPSA) is 129 Å². The maximum absolute atomic E-state index is 15.2. The van der Waals surface area contributed by atoms with E-state index in [0.717, 1.165) is 12.1 Å². The summed E-state index contributed by atoms with van der Waals surface area (Å²) < 4.78 is 30.5. The molecular weight excluding hydrogens is 459 g/mol. The summed E-state index contributed by atoms with van der Waals surface area (Å²) in [5.41, 5.74) is -1.61. The quantitative estimate of drug-likeness (QED) is 0.175. The van der Waals surface area contributed by atoms with Gasteiger partial charge in [-0.25, -0.2) is 0 Å². The average Bonchev–Trinajstić information content (AvgIpc) is 2.69. The zero-order valence-electron chi connectivity index (χ0n) is 18.2. The standard InChI is InChI=1S/C22H20ClFN2O7/c1-5-31-20(27)17(22(2,3)4)21(28)33-16-7-6-15(26(29)30)19(18(16)24)32-14-9-12(11-25)8-13(23)10-14/h6-10,17H,5H2,1-4H3. The smallest absolute Gasteiger partial charge is 0.326 e. The highest BCUT2D eigenvalue weighted by Gasteiger charge is 2.41. The third-order valence-electron chi connectivity index (χ3n) is 4.29. The first-order valence-corrected chi connectivity index (χ1v) is 10.0. The summed E-state index contributed by atoms with van der Waals surface area (Å²) in [7, 11) is 0. The fourth-order valence-electron chi connectivity index (χ4n) is 2.85. The van der Waals surface area contributed by atoms with Crippen LogP contribution in [-0.2, 0) is 14.3 Å². The van der Waals surface area contributed by atoms with Crippen molar-refractivity contribution in [3.05, 3.63) is 56.8 Å². The Hall–Kier alpha value is -3.71. The summed E-state index contributed by atoms with van der Waals surface area (Å²) in [5, 5.41) is 20.5. The number of nitro benzene ring substituents is 1. The lowest BCUT2D eigenvalue weighted by Gasteiger charge is -2.26. The molecule has 2 aromatic carbocycles. The molecule has 0 aliphatic carbocycles. The Balaban J connectivity index is 2.49. The Morgan fingerprint density at radius 3 is 2.45 bits per heavy atom. The fourth-order valence-corrected chi connectivity index (χ4v) is 3.07. The van der Waals surface area contributed by atoms with Gasteiger partial charge in [0.25, 0.3) is 0 Å². The van der Waals surface area contributed by atoms with Crippen molar-refractivity contribution in [1.82, 2.24) is 0 Å². The van der Waals surface area contributed by atoms with E-state index in [-0.39, 0.29) is 22.9 Å².